The van der Waals surface area contributed by atoms with E-state index < -0.39 is 0 Å². The van der Waals surface area contributed by atoms with Gasteiger partial charge in [-0.05, 0) is 5.92 Å². The monoisotopic (exact) mass is 183 g/mol. The molecule has 1 heterocycles. The Labute approximate surface area is 76.6 Å². The van der Waals surface area contributed by atoms with Crippen molar-refractivity contribution in [2.75, 3.05) is 0 Å². The van der Waals surface area contributed by atoms with Gasteiger partial charge in [0, 0.05) is 7.05 Å². The molecule has 0 atom stereocenters. The molecule has 0 amide bonds. The molecule has 0 spiro atoms. The topological polar surface area (TPSA) is 41.6 Å². The molecule has 1 aromatic rings. The molecule has 0 aliphatic heterocycles. The summed E-state index contributed by atoms with van der Waals surface area (Å²) in [6.07, 6.45) is 0. The van der Waals surface area contributed by atoms with Crippen LogP contribution in [-0.4, -0.2) is 9.78 Å². The number of aryl methyl sites for hydroxylation is 1. The van der Waals surface area contributed by atoms with Gasteiger partial charge < -0.3 is 0 Å². The van der Waals surface area contributed by atoms with Gasteiger partial charge in [0.05, 0.1) is 5.69 Å². The Kier molecular flexibility index (Phi) is 2.39. The van der Waals surface area contributed by atoms with Crippen molar-refractivity contribution in [2.45, 2.75) is 19.8 Å². The van der Waals surface area contributed by atoms with E-state index >= 15 is 0 Å². The molecule has 0 saturated heterocycles. The Morgan fingerprint density at radius 3 is 2.50 bits per heavy atom. The Balaban J connectivity index is 3.35. The van der Waals surface area contributed by atoms with Gasteiger partial charge in [0.1, 0.15) is 11.6 Å². The summed E-state index contributed by atoms with van der Waals surface area (Å²) in [5.41, 5.74) is 1.39. The van der Waals surface area contributed by atoms with E-state index in [1.165, 1.54) is 0 Å². The van der Waals surface area contributed by atoms with Gasteiger partial charge in [-0.2, -0.15) is 10.4 Å². The molecule has 0 aromatic carbocycles. The minimum Gasteiger partial charge on any atom is -0.270 e. The van der Waals surface area contributed by atoms with Crippen molar-refractivity contribution in [3.63, 3.8) is 0 Å². The predicted molar refractivity (Wildman–Crippen MR) is 47.0 cm³/mol. The number of hydrogen-bond donors (Lipinski definition) is 0. The largest absolute Gasteiger partial charge is 0.270 e. The number of hydrogen-bond acceptors (Lipinski definition) is 2. The van der Waals surface area contributed by atoms with E-state index in [0.717, 1.165) is 5.69 Å². The molecular formula is C8H10ClN3. The van der Waals surface area contributed by atoms with E-state index in [0.29, 0.717) is 10.7 Å². The van der Waals surface area contributed by atoms with Crippen LogP contribution in [0.15, 0.2) is 0 Å². The van der Waals surface area contributed by atoms with Gasteiger partial charge in [-0.15, -0.1) is 0 Å². The van der Waals surface area contributed by atoms with E-state index in [9.17, 15) is 0 Å². The second kappa shape index (κ2) is 3.16. The first-order chi connectivity index (χ1) is 5.57. The summed E-state index contributed by atoms with van der Waals surface area (Å²) in [5, 5.41) is 13.0. The molecule has 4 heteroatoms. The summed E-state index contributed by atoms with van der Waals surface area (Å²) in [4.78, 5) is 0. The summed E-state index contributed by atoms with van der Waals surface area (Å²) >= 11 is 5.74. The van der Waals surface area contributed by atoms with E-state index in [1.807, 2.05) is 13.8 Å². The summed E-state index contributed by atoms with van der Waals surface area (Å²) in [6.45, 7) is 4.02. The normalized spacial score (nSPS) is 10.3. The summed E-state index contributed by atoms with van der Waals surface area (Å²) < 4.78 is 1.66. The molecule has 0 bridgehead atoms. The number of nitrogens with zero attached hydrogens (tertiary/aromatic N) is 3. The van der Waals surface area contributed by atoms with Crippen molar-refractivity contribution in [3.8, 4) is 6.07 Å². The standard InChI is InChI=1S/C8H10ClN3/c1-5(2)7-6(4-10)8(9)11-12(7)3/h5H,1-3H3. The van der Waals surface area contributed by atoms with Crippen LogP contribution in [0.5, 0.6) is 0 Å². The SMILES string of the molecule is CC(C)c1c(C#N)c(Cl)nn1C. The Bertz CT molecular complexity index is 333. The third-order valence-corrected chi connectivity index (χ3v) is 1.97. The van der Waals surface area contributed by atoms with Crippen LogP contribution >= 0.6 is 11.6 Å². The van der Waals surface area contributed by atoms with Crippen LogP contribution in [0, 0.1) is 11.3 Å². The minimum absolute atomic E-state index is 0.268. The van der Waals surface area contributed by atoms with Crippen molar-refractivity contribution in [1.29, 1.82) is 5.26 Å². The molecule has 0 aliphatic rings. The molecule has 0 saturated carbocycles. The molecule has 0 N–H and O–H groups in total. The van der Waals surface area contributed by atoms with Gasteiger partial charge in [-0.1, -0.05) is 25.4 Å². The van der Waals surface area contributed by atoms with Gasteiger partial charge in [0.2, 0.25) is 0 Å². The second-order valence-electron chi connectivity index (χ2n) is 2.94. The summed E-state index contributed by atoms with van der Waals surface area (Å²) in [7, 11) is 1.79. The maximum Gasteiger partial charge on any atom is 0.169 e. The first kappa shape index (κ1) is 9.08. The fourth-order valence-electron chi connectivity index (χ4n) is 1.27. The van der Waals surface area contributed by atoms with Gasteiger partial charge in [0.25, 0.3) is 0 Å². The summed E-state index contributed by atoms with van der Waals surface area (Å²) in [6, 6.07) is 2.05. The predicted octanol–water partition coefficient (Wildman–Crippen LogP) is 2.07. The molecule has 12 heavy (non-hydrogen) atoms. The highest BCUT2D eigenvalue weighted by molar-refractivity contribution is 6.30. The maximum atomic E-state index is 8.77. The molecular weight excluding hydrogens is 174 g/mol. The van der Waals surface area contributed by atoms with Crippen molar-refractivity contribution in [1.82, 2.24) is 9.78 Å². The van der Waals surface area contributed by atoms with Crippen LogP contribution in [0.4, 0.5) is 0 Å². The fraction of sp³-hybridized carbons (Fsp3) is 0.500. The Hall–Kier alpha value is -1.01. The Morgan fingerprint density at radius 2 is 2.17 bits per heavy atom. The third-order valence-electron chi connectivity index (χ3n) is 1.71. The lowest BCUT2D eigenvalue weighted by Crippen LogP contribution is -2.01. The smallest absolute Gasteiger partial charge is 0.169 e. The first-order valence-corrected chi connectivity index (χ1v) is 4.08. The highest BCUT2D eigenvalue weighted by Gasteiger charge is 2.16. The number of nitriles is 1. The lowest BCUT2D eigenvalue weighted by atomic mass is 10.1. The van der Waals surface area contributed by atoms with Crippen LogP contribution in [0.25, 0.3) is 0 Å². The van der Waals surface area contributed by atoms with Crippen LogP contribution in [0.2, 0.25) is 5.15 Å². The highest BCUT2D eigenvalue weighted by atomic mass is 35.5. The van der Waals surface area contributed by atoms with Crippen molar-refractivity contribution < 1.29 is 0 Å². The zero-order valence-corrected chi connectivity index (χ0v) is 8.05. The van der Waals surface area contributed by atoms with Crippen LogP contribution < -0.4 is 0 Å². The zero-order chi connectivity index (χ0) is 9.30. The quantitative estimate of drug-likeness (QED) is 0.669. The molecule has 64 valence electrons. The Morgan fingerprint density at radius 1 is 1.58 bits per heavy atom. The van der Waals surface area contributed by atoms with Gasteiger partial charge >= 0.3 is 0 Å². The molecule has 0 unspecified atom stereocenters. The van der Waals surface area contributed by atoms with Crippen molar-refractivity contribution in [2.24, 2.45) is 7.05 Å². The van der Waals surface area contributed by atoms with Gasteiger partial charge in [-0.3, -0.25) is 4.68 Å². The molecule has 0 radical (unpaired) electrons. The number of rotatable bonds is 1. The lowest BCUT2D eigenvalue weighted by Gasteiger charge is -2.04. The van der Waals surface area contributed by atoms with Crippen molar-refractivity contribution in [3.05, 3.63) is 16.4 Å². The van der Waals surface area contributed by atoms with E-state index in [1.54, 1.807) is 11.7 Å². The number of halogens is 1. The lowest BCUT2D eigenvalue weighted by molar-refractivity contribution is 0.668. The number of aromatic nitrogens is 2. The molecule has 0 aliphatic carbocycles. The fourth-order valence-corrected chi connectivity index (χ4v) is 1.52. The molecule has 3 nitrogen and oxygen atoms in total. The minimum atomic E-state index is 0.268. The molecule has 1 aromatic heterocycles. The van der Waals surface area contributed by atoms with Crippen LogP contribution in [0.1, 0.15) is 31.0 Å². The summed E-state index contributed by atoms with van der Waals surface area (Å²) in [5.74, 6) is 0.268. The van der Waals surface area contributed by atoms with Crippen LogP contribution in [-0.2, 0) is 7.05 Å². The maximum absolute atomic E-state index is 8.77. The van der Waals surface area contributed by atoms with Gasteiger partial charge in [0.15, 0.2) is 5.15 Å². The second-order valence-corrected chi connectivity index (χ2v) is 3.30. The molecule has 1 rings (SSSR count). The van der Waals surface area contributed by atoms with Gasteiger partial charge in [-0.25, -0.2) is 0 Å². The highest BCUT2D eigenvalue weighted by Crippen LogP contribution is 2.23. The van der Waals surface area contributed by atoms with E-state index in [4.69, 9.17) is 16.9 Å². The average molecular weight is 184 g/mol. The van der Waals surface area contributed by atoms with E-state index in [-0.39, 0.29) is 5.92 Å². The van der Waals surface area contributed by atoms with Crippen molar-refractivity contribution >= 4 is 11.6 Å². The zero-order valence-electron chi connectivity index (χ0n) is 7.30. The van der Waals surface area contributed by atoms with E-state index in [2.05, 4.69) is 11.2 Å². The average Bonchev–Trinajstić information content (AvgIpc) is 2.24. The third kappa shape index (κ3) is 1.30. The molecule has 0 fully saturated rings. The van der Waals surface area contributed by atoms with Crippen LogP contribution in [0.3, 0.4) is 0 Å². The first-order valence-electron chi connectivity index (χ1n) is 3.70.